The number of anilines is 3. The highest BCUT2D eigenvalue weighted by molar-refractivity contribution is 5.64. The first-order chi connectivity index (χ1) is 16.2. The number of nitrogens with zero attached hydrogens (tertiary/aromatic N) is 4. The summed E-state index contributed by atoms with van der Waals surface area (Å²) in [5, 5.41) is 10.7. The van der Waals surface area contributed by atoms with Crippen LogP contribution in [0.5, 0.6) is 17.5 Å². The Morgan fingerprint density at radius 1 is 1.00 bits per heavy atom. The Balaban J connectivity index is 1.29. The molecule has 0 fully saturated rings. The van der Waals surface area contributed by atoms with Crippen LogP contribution >= 0.6 is 0 Å². The summed E-state index contributed by atoms with van der Waals surface area (Å²) in [4.78, 5) is 12.7. The zero-order valence-corrected chi connectivity index (χ0v) is 18.3. The molecule has 1 aliphatic rings. The van der Waals surface area contributed by atoms with Crippen LogP contribution in [0.2, 0.25) is 0 Å². The molecular formula is C24H25N7O2. The number of nitrogen functional groups attached to an aromatic ring is 1. The molecule has 2 aromatic carbocycles. The Bertz CT molecular complexity index is 1250. The fourth-order valence-corrected chi connectivity index (χ4v) is 3.96. The summed E-state index contributed by atoms with van der Waals surface area (Å²) >= 11 is 0. The number of benzene rings is 2. The van der Waals surface area contributed by atoms with Gasteiger partial charge in [0.1, 0.15) is 5.75 Å². The summed E-state index contributed by atoms with van der Waals surface area (Å²) in [7, 11) is 0. The van der Waals surface area contributed by atoms with Crippen molar-refractivity contribution in [2.24, 2.45) is 0 Å². The van der Waals surface area contributed by atoms with Crippen molar-refractivity contribution in [3.8, 4) is 28.9 Å². The largest absolute Gasteiger partial charge is 0.478 e. The molecule has 0 amide bonds. The number of H-pyrrole nitrogens is 1. The maximum atomic E-state index is 5.80. The molecule has 2 heterocycles. The first-order valence-electron chi connectivity index (χ1n) is 11.0. The lowest BCUT2D eigenvalue weighted by atomic mass is 9.90. The Labute approximate surface area is 191 Å². The third kappa shape index (κ3) is 4.72. The summed E-state index contributed by atoms with van der Waals surface area (Å²) in [6, 6.07) is 15.4. The van der Waals surface area contributed by atoms with Crippen LogP contribution in [0.1, 0.15) is 30.9 Å². The fourth-order valence-electron chi connectivity index (χ4n) is 3.96. The average molecular weight is 444 g/mol. The predicted octanol–water partition coefficient (Wildman–Crippen LogP) is 4.66. The van der Waals surface area contributed by atoms with Crippen LogP contribution in [0.25, 0.3) is 11.4 Å². The number of nitrogens with one attached hydrogen (secondary N) is 2. The van der Waals surface area contributed by atoms with Crippen molar-refractivity contribution in [3.63, 3.8) is 0 Å². The van der Waals surface area contributed by atoms with Crippen LogP contribution in [0, 0.1) is 0 Å². The molecule has 0 saturated heterocycles. The molecule has 168 valence electrons. The van der Waals surface area contributed by atoms with Gasteiger partial charge >= 0.3 is 0 Å². The Kier molecular flexibility index (Phi) is 5.75. The van der Waals surface area contributed by atoms with Crippen LogP contribution in [0.15, 0.2) is 48.5 Å². The van der Waals surface area contributed by atoms with Crippen molar-refractivity contribution in [2.75, 3.05) is 17.7 Å². The molecule has 0 radical (unpaired) electrons. The maximum Gasteiger partial charge on any atom is 0.246 e. The molecule has 4 N–H and O–H groups in total. The third-order valence-electron chi connectivity index (χ3n) is 5.47. The van der Waals surface area contributed by atoms with E-state index in [1.54, 1.807) is 6.07 Å². The smallest absolute Gasteiger partial charge is 0.246 e. The number of aromatic nitrogens is 5. The van der Waals surface area contributed by atoms with Crippen LogP contribution in [0.3, 0.4) is 0 Å². The molecule has 0 saturated carbocycles. The highest BCUT2D eigenvalue weighted by Crippen LogP contribution is 2.30. The molecule has 9 heteroatoms. The minimum atomic E-state index is 0.0916. The van der Waals surface area contributed by atoms with E-state index in [1.807, 2.05) is 31.2 Å². The summed E-state index contributed by atoms with van der Waals surface area (Å²) in [6.07, 6.45) is 4.68. The molecule has 9 nitrogen and oxygen atoms in total. The number of fused-ring (bicyclic) bond motifs is 1. The number of hydrogen-bond acceptors (Lipinski definition) is 8. The highest BCUT2D eigenvalue weighted by atomic mass is 16.5. The van der Waals surface area contributed by atoms with E-state index < -0.39 is 0 Å². The van der Waals surface area contributed by atoms with Crippen LogP contribution in [0.4, 0.5) is 17.6 Å². The van der Waals surface area contributed by atoms with E-state index in [-0.39, 0.29) is 5.95 Å². The molecule has 0 spiro atoms. The van der Waals surface area contributed by atoms with Crippen molar-refractivity contribution in [2.45, 2.75) is 32.6 Å². The number of aromatic amines is 1. The molecule has 4 aromatic rings. The van der Waals surface area contributed by atoms with Gasteiger partial charge < -0.3 is 20.5 Å². The van der Waals surface area contributed by atoms with Crippen molar-refractivity contribution < 1.29 is 9.47 Å². The Hall–Kier alpha value is -4.14. The molecule has 0 aliphatic heterocycles. The molecule has 2 aromatic heterocycles. The lowest BCUT2D eigenvalue weighted by Crippen LogP contribution is -2.06. The van der Waals surface area contributed by atoms with Crippen LogP contribution < -0.4 is 20.5 Å². The number of aryl methyl sites for hydroxylation is 1. The van der Waals surface area contributed by atoms with Gasteiger partial charge in [-0.15, -0.1) is 5.10 Å². The molecule has 0 atom stereocenters. The van der Waals surface area contributed by atoms with Gasteiger partial charge in [-0.05, 0) is 74.1 Å². The second-order valence-electron chi connectivity index (χ2n) is 7.75. The van der Waals surface area contributed by atoms with Gasteiger partial charge in [-0.1, -0.05) is 12.1 Å². The van der Waals surface area contributed by atoms with Gasteiger partial charge in [0, 0.05) is 11.3 Å². The Morgan fingerprint density at radius 2 is 1.82 bits per heavy atom. The first-order valence-corrected chi connectivity index (χ1v) is 11.0. The first kappa shape index (κ1) is 20.7. The summed E-state index contributed by atoms with van der Waals surface area (Å²) in [6.45, 7) is 2.35. The van der Waals surface area contributed by atoms with E-state index in [0.29, 0.717) is 35.9 Å². The maximum absolute atomic E-state index is 5.80. The van der Waals surface area contributed by atoms with Crippen LogP contribution in [-0.2, 0) is 12.8 Å². The molecule has 0 bridgehead atoms. The lowest BCUT2D eigenvalue weighted by molar-refractivity contribution is 0.323. The monoisotopic (exact) mass is 443 g/mol. The number of nitrogens with two attached hydrogens (primary N) is 1. The zero-order chi connectivity index (χ0) is 22.6. The lowest BCUT2D eigenvalue weighted by Gasteiger charge is -2.19. The molecule has 5 rings (SSSR count). The van der Waals surface area contributed by atoms with E-state index in [9.17, 15) is 0 Å². The van der Waals surface area contributed by atoms with Gasteiger partial charge in [0.05, 0.1) is 12.7 Å². The molecule has 0 unspecified atom stereocenters. The minimum absolute atomic E-state index is 0.0916. The van der Waals surface area contributed by atoms with Crippen molar-refractivity contribution in [3.05, 3.63) is 59.7 Å². The topological polar surface area (TPSA) is 124 Å². The normalized spacial score (nSPS) is 12.8. The predicted molar refractivity (Wildman–Crippen MR) is 126 cm³/mol. The summed E-state index contributed by atoms with van der Waals surface area (Å²) in [5.74, 6) is 2.60. The van der Waals surface area contributed by atoms with E-state index in [0.717, 1.165) is 24.1 Å². The standard InChI is InChI=1S/C24H25N7O2/c1-2-32-20-14-21(28-23(25)27-20)33-17-12-10-16(11-13-17)22-29-24(31-30-22)26-19-9-5-7-15-6-3-4-8-18(15)19/h5,7,9-14H,2-4,6,8H2,1H3,(H2,25,27,28)(H2,26,29,30,31). The SMILES string of the molecule is CCOc1cc(Oc2ccc(-c3nc(Nc4cccc5c4CCCC5)n[nH]3)cc2)nc(N)n1. The van der Waals surface area contributed by atoms with E-state index >= 15 is 0 Å². The van der Waals surface area contributed by atoms with Crippen molar-refractivity contribution in [1.29, 1.82) is 0 Å². The van der Waals surface area contributed by atoms with Crippen LogP contribution in [-0.4, -0.2) is 31.8 Å². The quantitative estimate of drug-likeness (QED) is 0.377. The van der Waals surface area contributed by atoms with E-state index in [1.165, 1.54) is 24.0 Å². The van der Waals surface area contributed by atoms with Crippen molar-refractivity contribution in [1.82, 2.24) is 25.1 Å². The number of ether oxygens (including phenoxy) is 2. The van der Waals surface area contributed by atoms with Gasteiger partial charge in [-0.3, -0.25) is 5.10 Å². The second kappa shape index (κ2) is 9.15. The fraction of sp³-hybridized carbons (Fsp3) is 0.250. The average Bonchev–Trinajstić information content (AvgIpc) is 3.28. The van der Waals surface area contributed by atoms with Gasteiger partial charge in [-0.2, -0.15) is 15.0 Å². The highest BCUT2D eigenvalue weighted by Gasteiger charge is 2.14. The zero-order valence-electron chi connectivity index (χ0n) is 18.3. The summed E-state index contributed by atoms with van der Waals surface area (Å²) in [5.41, 5.74) is 10.5. The Morgan fingerprint density at radius 3 is 2.67 bits per heavy atom. The minimum Gasteiger partial charge on any atom is -0.478 e. The molecule has 33 heavy (non-hydrogen) atoms. The second-order valence-corrected chi connectivity index (χ2v) is 7.75. The number of hydrogen-bond donors (Lipinski definition) is 3. The third-order valence-corrected chi connectivity index (χ3v) is 5.47. The van der Waals surface area contributed by atoms with E-state index in [4.69, 9.17) is 15.2 Å². The number of rotatable bonds is 7. The van der Waals surface area contributed by atoms with Gasteiger partial charge in [0.25, 0.3) is 0 Å². The van der Waals surface area contributed by atoms with Gasteiger partial charge in [0.2, 0.25) is 23.7 Å². The van der Waals surface area contributed by atoms with Crippen molar-refractivity contribution >= 4 is 17.6 Å². The van der Waals surface area contributed by atoms with Gasteiger partial charge in [-0.25, -0.2) is 0 Å². The summed E-state index contributed by atoms with van der Waals surface area (Å²) < 4.78 is 11.2. The molecular weight excluding hydrogens is 418 g/mol. The van der Waals surface area contributed by atoms with E-state index in [2.05, 4.69) is 48.7 Å². The van der Waals surface area contributed by atoms with Gasteiger partial charge in [0.15, 0.2) is 5.82 Å². The molecule has 1 aliphatic carbocycles.